The lowest BCUT2D eigenvalue weighted by molar-refractivity contribution is 0.0926. The maximum Gasteiger partial charge on any atom is 0.270 e. The van der Waals surface area contributed by atoms with Gasteiger partial charge < -0.3 is 5.32 Å². The molecule has 1 aliphatic heterocycles. The minimum Gasteiger partial charge on any atom is -0.350 e. The molecule has 1 N–H and O–H groups in total. The minimum atomic E-state index is -0.0744. The van der Waals surface area contributed by atoms with Crippen molar-refractivity contribution in [1.82, 2.24) is 15.2 Å². The fraction of sp³-hybridized carbons (Fsp3) is 0.259. The van der Waals surface area contributed by atoms with E-state index in [1.165, 1.54) is 34.1 Å². The molecule has 5 heteroatoms. The van der Waals surface area contributed by atoms with Gasteiger partial charge in [0.15, 0.2) is 0 Å². The van der Waals surface area contributed by atoms with Crippen LogP contribution in [-0.4, -0.2) is 35.4 Å². The van der Waals surface area contributed by atoms with E-state index in [9.17, 15) is 4.79 Å². The van der Waals surface area contributed by atoms with Gasteiger partial charge in [-0.05, 0) is 41.6 Å². The fourth-order valence-electron chi connectivity index (χ4n) is 4.55. The number of rotatable bonds is 6. The molecule has 0 saturated carbocycles. The van der Waals surface area contributed by atoms with Crippen LogP contribution < -0.4 is 5.32 Å². The van der Waals surface area contributed by atoms with E-state index >= 15 is 0 Å². The first-order chi connectivity index (χ1) is 15.8. The number of carbonyl (C=O) groups is 1. The van der Waals surface area contributed by atoms with E-state index < -0.39 is 0 Å². The van der Waals surface area contributed by atoms with Crippen LogP contribution in [0.5, 0.6) is 0 Å². The Hall–Kier alpha value is -3.02. The number of fused-ring (bicyclic) bond motifs is 1. The molecule has 1 saturated heterocycles. The average molecular weight is 442 g/mol. The SMILES string of the molecule is O=C(NC[C@@H]1CCCN(Cc2cccc3ccccc23)C1)c1csc(-c2ccccc2)n1. The van der Waals surface area contributed by atoms with E-state index in [0.29, 0.717) is 18.2 Å². The van der Waals surface area contributed by atoms with Crippen molar-refractivity contribution in [3.05, 3.63) is 89.4 Å². The second-order valence-corrected chi connectivity index (χ2v) is 9.35. The Bertz CT molecular complexity index is 1200. The summed E-state index contributed by atoms with van der Waals surface area (Å²) in [6.07, 6.45) is 2.32. The lowest BCUT2D eigenvalue weighted by Gasteiger charge is -2.33. The van der Waals surface area contributed by atoms with Gasteiger partial charge in [-0.3, -0.25) is 9.69 Å². The van der Waals surface area contributed by atoms with Gasteiger partial charge in [0.05, 0.1) is 0 Å². The quantitative estimate of drug-likeness (QED) is 0.423. The molecule has 0 bridgehead atoms. The summed E-state index contributed by atoms with van der Waals surface area (Å²) < 4.78 is 0. The zero-order valence-corrected chi connectivity index (χ0v) is 18.9. The molecule has 0 aliphatic carbocycles. The summed E-state index contributed by atoms with van der Waals surface area (Å²) >= 11 is 1.51. The van der Waals surface area contributed by atoms with Crippen LogP contribution >= 0.6 is 11.3 Å². The van der Waals surface area contributed by atoms with E-state index in [1.54, 1.807) is 0 Å². The third kappa shape index (κ3) is 4.74. The van der Waals surface area contributed by atoms with Crippen LogP contribution in [0.2, 0.25) is 0 Å². The van der Waals surface area contributed by atoms with Crippen LogP contribution in [0.4, 0.5) is 0 Å². The molecule has 0 spiro atoms. The third-order valence-electron chi connectivity index (χ3n) is 6.19. The summed E-state index contributed by atoms with van der Waals surface area (Å²) in [7, 11) is 0. The fourth-order valence-corrected chi connectivity index (χ4v) is 5.36. The van der Waals surface area contributed by atoms with Gasteiger partial charge in [0.2, 0.25) is 0 Å². The van der Waals surface area contributed by atoms with Crippen LogP contribution in [0.15, 0.2) is 78.2 Å². The second-order valence-electron chi connectivity index (χ2n) is 8.50. The normalized spacial score (nSPS) is 16.8. The van der Waals surface area contributed by atoms with Crippen molar-refractivity contribution in [2.75, 3.05) is 19.6 Å². The van der Waals surface area contributed by atoms with Crippen molar-refractivity contribution in [1.29, 1.82) is 0 Å². The number of likely N-dealkylation sites (tertiary alicyclic amines) is 1. The Kier molecular flexibility index (Phi) is 6.28. The van der Waals surface area contributed by atoms with Gasteiger partial charge in [-0.15, -0.1) is 11.3 Å². The van der Waals surface area contributed by atoms with E-state index in [0.717, 1.165) is 36.6 Å². The summed E-state index contributed by atoms with van der Waals surface area (Å²) in [6.45, 7) is 3.78. The summed E-state index contributed by atoms with van der Waals surface area (Å²) in [5, 5.41) is 8.49. The average Bonchev–Trinajstić information content (AvgIpc) is 3.34. The molecule has 1 amide bonds. The van der Waals surface area contributed by atoms with Gasteiger partial charge in [-0.2, -0.15) is 0 Å². The number of benzene rings is 3. The molecule has 0 unspecified atom stereocenters. The predicted molar refractivity (Wildman–Crippen MR) is 132 cm³/mol. The molecule has 1 fully saturated rings. The van der Waals surface area contributed by atoms with Crippen molar-refractivity contribution < 1.29 is 4.79 Å². The molecule has 5 rings (SSSR count). The molecular weight excluding hydrogens is 414 g/mol. The number of thiazole rings is 1. The van der Waals surface area contributed by atoms with Crippen molar-refractivity contribution in [2.45, 2.75) is 19.4 Å². The second kappa shape index (κ2) is 9.63. The zero-order chi connectivity index (χ0) is 21.8. The van der Waals surface area contributed by atoms with Crippen LogP contribution in [0.25, 0.3) is 21.3 Å². The Labute approximate surface area is 192 Å². The maximum atomic E-state index is 12.7. The Balaban J connectivity index is 1.18. The van der Waals surface area contributed by atoms with Gasteiger partial charge in [0.25, 0.3) is 5.91 Å². The van der Waals surface area contributed by atoms with Crippen LogP contribution in [0.3, 0.4) is 0 Å². The largest absolute Gasteiger partial charge is 0.350 e. The molecule has 162 valence electrons. The number of amides is 1. The number of hydrogen-bond acceptors (Lipinski definition) is 4. The molecule has 32 heavy (non-hydrogen) atoms. The predicted octanol–water partition coefficient (Wildman–Crippen LogP) is 5.61. The van der Waals surface area contributed by atoms with Crippen molar-refractivity contribution in [2.24, 2.45) is 5.92 Å². The van der Waals surface area contributed by atoms with Crippen LogP contribution in [0, 0.1) is 5.92 Å². The summed E-state index contributed by atoms with van der Waals surface area (Å²) in [5.41, 5.74) is 2.94. The van der Waals surface area contributed by atoms with Crippen molar-refractivity contribution in [3.63, 3.8) is 0 Å². The molecule has 0 radical (unpaired) electrons. The number of nitrogens with zero attached hydrogens (tertiary/aromatic N) is 2. The van der Waals surface area contributed by atoms with Gasteiger partial charge in [0.1, 0.15) is 10.7 Å². The smallest absolute Gasteiger partial charge is 0.270 e. The number of nitrogens with one attached hydrogen (secondary N) is 1. The van der Waals surface area contributed by atoms with Gasteiger partial charge >= 0.3 is 0 Å². The van der Waals surface area contributed by atoms with E-state index in [2.05, 4.69) is 57.7 Å². The summed E-state index contributed by atoms with van der Waals surface area (Å²) in [4.78, 5) is 19.7. The third-order valence-corrected chi connectivity index (χ3v) is 7.08. The standard InChI is InChI=1S/C27H27N3OS/c31-26(25-19-32-27(29-25)22-10-2-1-3-11-22)28-16-20-8-7-15-30(17-20)18-23-13-6-12-21-9-4-5-14-24(21)23/h1-6,9-14,19-20H,7-8,15-18H2,(H,28,31)/t20-/m0/s1. The van der Waals surface area contributed by atoms with Gasteiger partial charge in [-0.25, -0.2) is 4.98 Å². The molecule has 4 aromatic rings. The van der Waals surface area contributed by atoms with E-state index in [4.69, 9.17) is 0 Å². The zero-order valence-electron chi connectivity index (χ0n) is 18.0. The molecular formula is C27H27N3OS. The van der Waals surface area contributed by atoms with Crippen LogP contribution in [-0.2, 0) is 6.54 Å². The minimum absolute atomic E-state index is 0.0744. The Morgan fingerprint density at radius 3 is 2.75 bits per heavy atom. The first kappa shape index (κ1) is 20.9. The summed E-state index contributed by atoms with van der Waals surface area (Å²) in [5.74, 6) is 0.393. The molecule has 3 aromatic carbocycles. The highest BCUT2D eigenvalue weighted by Gasteiger charge is 2.22. The van der Waals surface area contributed by atoms with E-state index in [-0.39, 0.29) is 5.91 Å². The first-order valence-corrected chi connectivity index (χ1v) is 12.1. The monoisotopic (exact) mass is 441 g/mol. The molecule has 4 nitrogen and oxygen atoms in total. The molecule has 1 atom stereocenters. The highest BCUT2D eigenvalue weighted by molar-refractivity contribution is 7.13. The number of hydrogen-bond donors (Lipinski definition) is 1. The molecule has 1 aliphatic rings. The molecule has 1 aromatic heterocycles. The van der Waals surface area contributed by atoms with Crippen molar-refractivity contribution >= 4 is 28.0 Å². The Morgan fingerprint density at radius 1 is 1.03 bits per heavy atom. The summed E-state index contributed by atoms with van der Waals surface area (Å²) in [6, 6.07) is 25.2. The Morgan fingerprint density at radius 2 is 1.84 bits per heavy atom. The topological polar surface area (TPSA) is 45.2 Å². The van der Waals surface area contributed by atoms with E-state index in [1.807, 2.05) is 35.7 Å². The highest BCUT2D eigenvalue weighted by Crippen LogP contribution is 2.25. The number of aromatic nitrogens is 1. The van der Waals surface area contributed by atoms with Gasteiger partial charge in [-0.1, -0.05) is 72.8 Å². The number of piperidine rings is 1. The van der Waals surface area contributed by atoms with Gasteiger partial charge in [0, 0.05) is 30.6 Å². The lowest BCUT2D eigenvalue weighted by atomic mass is 9.96. The lowest BCUT2D eigenvalue weighted by Crippen LogP contribution is -2.40. The maximum absolute atomic E-state index is 12.7. The molecule has 2 heterocycles. The number of carbonyl (C=O) groups excluding carboxylic acids is 1. The highest BCUT2D eigenvalue weighted by atomic mass is 32.1. The van der Waals surface area contributed by atoms with Crippen molar-refractivity contribution in [3.8, 4) is 10.6 Å². The van der Waals surface area contributed by atoms with Crippen LogP contribution in [0.1, 0.15) is 28.9 Å². The first-order valence-electron chi connectivity index (χ1n) is 11.2.